The SMILES string of the molecule is CN=C(NCc1cccc(F)c1)NC1CCN(C2CCCC2)C1. The van der Waals surface area contributed by atoms with Crippen LogP contribution in [0.2, 0.25) is 0 Å². The van der Waals surface area contributed by atoms with E-state index in [9.17, 15) is 4.39 Å². The third-order valence-corrected chi connectivity index (χ3v) is 4.97. The molecule has 23 heavy (non-hydrogen) atoms. The Morgan fingerprint density at radius 3 is 2.87 bits per heavy atom. The monoisotopic (exact) mass is 318 g/mol. The van der Waals surface area contributed by atoms with Crippen LogP contribution in [-0.4, -0.2) is 43.1 Å². The Morgan fingerprint density at radius 2 is 2.13 bits per heavy atom. The third-order valence-electron chi connectivity index (χ3n) is 4.97. The third kappa shape index (κ3) is 4.44. The lowest BCUT2D eigenvalue weighted by molar-refractivity contribution is 0.242. The van der Waals surface area contributed by atoms with Crippen LogP contribution in [0, 0.1) is 5.82 Å². The molecule has 1 atom stereocenters. The van der Waals surface area contributed by atoms with Crippen molar-refractivity contribution in [3.05, 3.63) is 35.6 Å². The average Bonchev–Trinajstić information content (AvgIpc) is 3.22. The largest absolute Gasteiger partial charge is 0.352 e. The molecular formula is C18H27FN4. The van der Waals surface area contributed by atoms with Crippen molar-refractivity contribution in [2.24, 2.45) is 4.99 Å². The van der Waals surface area contributed by atoms with Crippen LogP contribution in [0.25, 0.3) is 0 Å². The summed E-state index contributed by atoms with van der Waals surface area (Å²) in [5.74, 6) is 0.600. The zero-order valence-electron chi connectivity index (χ0n) is 13.9. The molecule has 2 fully saturated rings. The Balaban J connectivity index is 1.46. The minimum Gasteiger partial charge on any atom is -0.352 e. The molecule has 1 aliphatic heterocycles. The second-order valence-electron chi connectivity index (χ2n) is 6.62. The molecule has 1 aromatic carbocycles. The van der Waals surface area contributed by atoms with Gasteiger partial charge in [-0.15, -0.1) is 0 Å². The van der Waals surface area contributed by atoms with E-state index in [4.69, 9.17) is 0 Å². The summed E-state index contributed by atoms with van der Waals surface area (Å²) in [5.41, 5.74) is 0.923. The van der Waals surface area contributed by atoms with E-state index in [2.05, 4.69) is 20.5 Å². The van der Waals surface area contributed by atoms with Gasteiger partial charge in [-0.1, -0.05) is 25.0 Å². The fourth-order valence-corrected chi connectivity index (χ4v) is 3.73. The Kier molecular flexibility index (Phi) is 5.49. The molecule has 1 unspecified atom stereocenters. The molecule has 1 aliphatic carbocycles. The molecule has 0 amide bonds. The molecule has 3 rings (SSSR count). The van der Waals surface area contributed by atoms with Gasteiger partial charge in [0, 0.05) is 38.8 Å². The van der Waals surface area contributed by atoms with Crippen LogP contribution >= 0.6 is 0 Å². The van der Waals surface area contributed by atoms with E-state index < -0.39 is 0 Å². The van der Waals surface area contributed by atoms with E-state index in [-0.39, 0.29) is 5.82 Å². The van der Waals surface area contributed by atoms with Gasteiger partial charge < -0.3 is 10.6 Å². The van der Waals surface area contributed by atoms with Crippen molar-refractivity contribution in [3.8, 4) is 0 Å². The Labute approximate surface area is 138 Å². The average molecular weight is 318 g/mol. The van der Waals surface area contributed by atoms with Gasteiger partial charge in [0.2, 0.25) is 0 Å². The minimum absolute atomic E-state index is 0.199. The summed E-state index contributed by atoms with van der Waals surface area (Å²) in [6, 6.07) is 7.92. The predicted molar refractivity (Wildman–Crippen MR) is 92.0 cm³/mol. The first-order valence-corrected chi connectivity index (χ1v) is 8.70. The molecule has 0 bridgehead atoms. The van der Waals surface area contributed by atoms with Gasteiger partial charge in [0.25, 0.3) is 0 Å². The molecule has 2 aliphatic rings. The second-order valence-corrected chi connectivity index (χ2v) is 6.62. The summed E-state index contributed by atoms with van der Waals surface area (Å²) in [4.78, 5) is 6.92. The van der Waals surface area contributed by atoms with E-state index in [1.54, 1.807) is 19.2 Å². The molecule has 1 saturated carbocycles. The lowest BCUT2D eigenvalue weighted by Crippen LogP contribution is -2.45. The summed E-state index contributed by atoms with van der Waals surface area (Å²) in [5, 5.41) is 6.79. The predicted octanol–water partition coefficient (Wildman–Crippen LogP) is 2.51. The molecule has 4 nitrogen and oxygen atoms in total. The fourth-order valence-electron chi connectivity index (χ4n) is 3.73. The molecular weight excluding hydrogens is 291 g/mol. The number of benzene rings is 1. The molecule has 126 valence electrons. The van der Waals surface area contributed by atoms with Crippen LogP contribution in [0.3, 0.4) is 0 Å². The van der Waals surface area contributed by atoms with Crippen molar-refractivity contribution in [3.63, 3.8) is 0 Å². The normalized spacial score (nSPS) is 23.4. The second kappa shape index (κ2) is 7.77. The Hall–Kier alpha value is -1.62. The highest BCUT2D eigenvalue weighted by atomic mass is 19.1. The number of hydrogen-bond acceptors (Lipinski definition) is 2. The molecule has 2 N–H and O–H groups in total. The van der Waals surface area contributed by atoms with Crippen molar-refractivity contribution in [2.75, 3.05) is 20.1 Å². The minimum atomic E-state index is -0.199. The molecule has 1 heterocycles. The van der Waals surface area contributed by atoms with Crippen molar-refractivity contribution >= 4 is 5.96 Å². The van der Waals surface area contributed by atoms with Crippen LogP contribution in [0.4, 0.5) is 4.39 Å². The van der Waals surface area contributed by atoms with Gasteiger partial charge in [0.1, 0.15) is 5.82 Å². The number of rotatable bonds is 4. The van der Waals surface area contributed by atoms with Crippen molar-refractivity contribution in [1.82, 2.24) is 15.5 Å². The zero-order chi connectivity index (χ0) is 16.1. The van der Waals surface area contributed by atoms with Gasteiger partial charge in [-0.25, -0.2) is 4.39 Å². The van der Waals surface area contributed by atoms with Gasteiger partial charge in [-0.05, 0) is 37.0 Å². The molecule has 0 aromatic heterocycles. The van der Waals surface area contributed by atoms with Crippen LogP contribution in [0.1, 0.15) is 37.7 Å². The van der Waals surface area contributed by atoms with Crippen LogP contribution in [0.5, 0.6) is 0 Å². The van der Waals surface area contributed by atoms with Crippen LogP contribution < -0.4 is 10.6 Å². The first-order chi connectivity index (χ1) is 11.2. The number of guanidine groups is 1. The molecule has 1 aromatic rings. The maximum atomic E-state index is 13.2. The van der Waals surface area contributed by atoms with E-state index >= 15 is 0 Å². The highest BCUT2D eigenvalue weighted by Gasteiger charge is 2.30. The molecule has 5 heteroatoms. The summed E-state index contributed by atoms with van der Waals surface area (Å²) < 4.78 is 13.2. The number of aliphatic imine (C=N–C) groups is 1. The van der Waals surface area contributed by atoms with Gasteiger partial charge in [0.15, 0.2) is 5.96 Å². The van der Waals surface area contributed by atoms with Gasteiger partial charge >= 0.3 is 0 Å². The Bertz CT molecular complexity index is 540. The smallest absolute Gasteiger partial charge is 0.191 e. The van der Waals surface area contributed by atoms with Crippen molar-refractivity contribution < 1.29 is 4.39 Å². The summed E-state index contributed by atoms with van der Waals surface area (Å²) >= 11 is 0. The first-order valence-electron chi connectivity index (χ1n) is 8.70. The number of halogens is 1. The zero-order valence-corrected chi connectivity index (χ0v) is 13.9. The van der Waals surface area contributed by atoms with Crippen LogP contribution in [0.15, 0.2) is 29.3 Å². The maximum absolute atomic E-state index is 13.2. The van der Waals surface area contributed by atoms with E-state index in [1.165, 1.54) is 38.3 Å². The van der Waals surface area contributed by atoms with Crippen molar-refractivity contribution in [1.29, 1.82) is 0 Å². The molecule has 0 radical (unpaired) electrons. The van der Waals surface area contributed by atoms with E-state index in [0.29, 0.717) is 12.6 Å². The number of hydrogen-bond donors (Lipinski definition) is 2. The van der Waals surface area contributed by atoms with Crippen LogP contribution in [-0.2, 0) is 6.54 Å². The van der Waals surface area contributed by atoms with E-state index in [1.807, 2.05) is 6.07 Å². The Morgan fingerprint density at radius 1 is 1.30 bits per heavy atom. The van der Waals surface area contributed by atoms with Crippen molar-refractivity contribution in [2.45, 2.75) is 50.7 Å². The highest BCUT2D eigenvalue weighted by molar-refractivity contribution is 5.80. The number of nitrogens with one attached hydrogen (secondary N) is 2. The summed E-state index contributed by atoms with van der Waals surface area (Å²) in [7, 11) is 1.78. The molecule has 0 spiro atoms. The van der Waals surface area contributed by atoms with E-state index in [0.717, 1.165) is 30.5 Å². The topological polar surface area (TPSA) is 39.7 Å². The van der Waals surface area contributed by atoms with Gasteiger partial charge in [-0.3, -0.25) is 9.89 Å². The van der Waals surface area contributed by atoms with Gasteiger partial charge in [0.05, 0.1) is 0 Å². The summed E-state index contributed by atoms with van der Waals surface area (Å²) in [6.45, 7) is 2.87. The summed E-state index contributed by atoms with van der Waals surface area (Å²) in [6.07, 6.45) is 6.65. The number of nitrogens with zero attached hydrogens (tertiary/aromatic N) is 2. The van der Waals surface area contributed by atoms with Gasteiger partial charge in [-0.2, -0.15) is 0 Å². The lowest BCUT2D eigenvalue weighted by atomic mass is 10.2. The maximum Gasteiger partial charge on any atom is 0.191 e. The fraction of sp³-hybridized carbons (Fsp3) is 0.611. The lowest BCUT2D eigenvalue weighted by Gasteiger charge is -2.24. The first kappa shape index (κ1) is 16.2. The number of likely N-dealkylation sites (tertiary alicyclic amines) is 1. The highest BCUT2D eigenvalue weighted by Crippen LogP contribution is 2.26. The molecule has 1 saturated heterocycles. The standard InChI is InChI=1S/C18H27FN4/c1-20-18(21-12-14-5-4-6-15(19)11-14)22-16-9-10-23(13-16)17-7-2-3-8-17/h4-6,11,16-17H,2-3,7-10,12-13H2,1H3,(H2,20,21,22). The quantitative estimate of drug-likeness (QED) is 0.662.